The zero-order valence-corrected chi connectivity index (χ0v) is 18.8. The largest absolute Gasteiger partial charge is 0.493 e. The molecule has 1 heterocycles. The average molecular weight is 444 g/mol. The van der Waals surface area contributed by atoms with Crippen LogP contribution in [-0.2, 0) is 0 Å². The van der Waals surface area contributed by atoms with Crippen LogP contribution in [0.3, 0.4) is 0 Å². The van der Waals surface area contributed by atoms with Crippen molar-refractivity contribution in [3.63, 3.8) is 0 Å². The molecule has 33 heavy (non-hydrogen) atoms. The van der Waals surface area contributed by atoms with Gasteiger partial charge in [-0.15, -0.1) is 0 Å². The van der Waals surface area contributed by atoms with Gasteiger partial charge in [0.05, 0.1) is 38.6 Å². The van der Waals surface area contributed by atoms with E-state index in [1.807, 2.05) is 31.2 Å². The Hall–Kier alpha value is -4.33. The number of hydrogen-bond acceptors (Lipinski definition) is 6. The molecule has 0 saturated heterocycles. The summed E-state index contributed by atoms with van der Waals surface area (Å²) in [4.78, 5) is 20.4. The monoisotopic (exact) mass is 444 g/mol. The molecule has 0 unspecified atom stereocenters. The summed E-state index contributed by atoms with van der Waals surface area (Å²) >= 11 is 0. The molecule has 8 heteroatoms. The topological polar surface area (TPSA) is 97.8 Å². The molecule has 2 N–H and O–H groups in total. The van der Waals surface area contributed by atoms with Gasteiger partial charge in [0, 0.05) is 16.7 Å². The van der Waals surface area contributed by atoms with Gasteiger partial charge < -0.3 is 19.2 Å². The van der Waals surface area contributed by atoms with Crippen molar-refractivity contribution in [3.8, 4) is 28.6 Å². The molecule has 0 aliphatic heterocycles. The van der Waals surface area contributed by atoms with E-state index in [-0.39, 0.29) is 5.91 Å². The highest BCUT2D eigenvalue weighted by molar-refractivity contribution is 5.95. The first-order valence-electron chi connectivity index (χ1n) is 10.2. The van der Waals surface area contributed by atoms with Gasteiger partial charge in [0.1, 0.15) is 5.82 Å². The van der Waals surface area contributed by atoms with Crippen molar-refractivity contribution in [2.75, 3.05) is 21.3 Å². The number of fused-ring (bicyclic) bond motifs is 1. The summed E-state index contributed by atoms with van der Waals surface area (Å²) in [7, 11) is 4.61. The Labute approximate surface area is 191 Å². The fourth-order valence-electron chi connectivity index (χ4n) is 3.45. The zero-order valence-electron chi connectivity index (χ0n) is 18.8. The molecule has 1 amide bonds. The van der Waals surface area contributed by atoms with Gasteiger partial charge in [0.15, 0.2) is 11.5 Å². The number of carbonyl (C=O) groups excluding carboxylic acids is 1. The fourth-order valence-corrected chi connectivity index (χ4v) is 3.45. The predicted octanol–water partition coefficient (Wildman–Crippen LogP) is 4.33. The van der Waals surface area contributed by atoms with E-state index in [4.69, 9.17) is 14.2 Å². The number of hydrazone groups is 1. The molecule has 168 valence electrons. The van der Waals surface area contributed by atoms with Crippen LogP contribution in [0.1, 0.15) is 21.5 Å². The second-order valence-corrected chi connectivity index (χ2v) is 7.34. The third-order valence-corrected chi connectivity index (χ3v) is 5.12. The minimum Gasteiger partial charge on any atom is -0.493 e. The first-order valence-corrected chi connectivity index (χ1v) is 10.2. The van der Waals surface area contributed by atoms with Crippen molar-refractivity contribution in [3.05, 3.63) is 71.3 Å². The predicted molar refractivity (Wildman–Crippen MR) is 127 cm³/mol. The maximum Gasteiger partial charge on any atom is 0.271 e. The molecular formula is C25H24N4O4. The second kappa shape index (κ2) is 9.44. The van der Waals surface area contributed by atoms with Crippen molar-refractivity contribution in [2.45, 2.75) is 6.92 Å². The van der Waals surface area contributed by atoms with Gasteiger partial charge in [-0.1, -0.05) is 18.2 Å². The summed E-state index contributed by atoms with van der Waals surface area (Å²) in [6, 6.07) is 16.7. The van der Waals surface area contributed by atoms with Crippen molar-refractivity contribution in [1.82, 2.24) is 15.4 Å². The third-order valence-electron chi connectivity index (χ3n) is 5.12. The smallest absolute Gasteiger partial charge is 0.271 e. The van der Waals surface area contributed by atoms with Crippen molar-refractivity contribution < 1.29 is 19.0 Å². The summed E-state index contributed by atoms with van der Waals surface area (Å²) in [6.45, 7) is 2.04. The standard InChI is InChI=1S/C25H24N4O4/c1-15-5-10-19-20(11-15)28-24(27-19)17-6-8-18(9-7-17)25(30)29-26-14-16-12-21(31-2)23(33-4)22(13-16)32-3/h5-14H,1-4H3,(H,27,28)(H,29,30)/b26-14-. The number of nitrogens with zero attached hydrogens (tertiary/aromatic N) is 2. The highest BCUT2D eigenvalue weighted by atomic mass is 16.5. The van der Waals surface area contributed by atoms with E-state index in [0.717, 1.165) is 28.0 Å². The lowest BCUT2D eigenvalue weighted by atomic mass is 10.1. The Kier molecular flexibility index (Phi) is 6.26. The summed E-state index contributed by atoms with van der Waals surface area (Å²) in [5.41, 5.74) is 7.63. The van der Waals surface area contributed by atoms with Gasteiger partial charge in [-0.25, -0.2) is 10.4 Å². The molecule has 0 aliphatic carbocycles. The number of H-pyrrole nitrogens is 1. The normalized spacial score (nSPS) is 11.0. The SMILES string of the molecule is COc1cc(/C=N\NC(=O)c2ccc(-c3nc4ccc(C)cc4[nH]3)cc2)cc(OC)c1OC. The lowest BCUT2D eigenvalue weighted by molar-refractivity contribution is 0.0955. The Morgan fingerprint density at radius 1 is 0.970 bits per heavy atom. The molecule has 0 spiro atoms. The van der Waals surface area contributed by atoms with E-state index < -0.39 is 0 Å². The number of benzene rings is 3. The Balaban J connectivity index is 1.46. The second-order valence-electron chi connectivity index (χ2n) is 7.34. The van der Waals surface area contributed by atoms with E-state index in [2.05, 4.69) is 26.6 Å². The maximum atomic E-state index is 12.5. The van der Waals surface area contributed by atoms with Crippen molar-refractivity contribution in [2.24, 2.45) is 5.10 Å². The van der Waals surface area contributed by atoms with Crippen LogP contribution in [0.15, 0.2) is 59.7 Å². The first-order chi connectivity index (χ1) is 16.0. The Bertz CT molecular complexity index is 1300. The summed E-state index contributed by atoms with van der Waals surface area (Å²) in [5, 5.41) is 4.05. The van der Waals surface area contributed by atoms with Gasteiger partial charge in [-0.3, -0.25) is 4.79 Å². The van der Waals surface area contributed by atoms with Gasteiger partial charge in [0.25, 0.3) is 5.91 Å². The highest BCUT2D eigenvalue weighted by Gasteiger charge is 2.13. The molecule has 3 aromatic carbocycles. The van der Waals surface area contributed by atoms with Crippen LogP contribution >= 0.6 is 0 Å². The van der Waals surface area contributed by atoms with E-state index in [1.54, 1.807) is 24.3 Å². The van der Waals surface area contributed by atoms with Crippen molar-refractivity contribution >= 4 is 23.2 Å². The number of rotatable bonds is 7. The zero-order chi connectivity index (χ0) is 23.4. The molecule has 0 saturated carbocycles. The number of aromatic amines is 1. The number of ether oxygens (including phenoxy) is 3. The number of aromatic nitrogens is 2. The van der Waals surface area contributed by atoms with Gasteiger partial charge >= 0.3 is 0 Å². The Morgan fingerprint density at radius 3 is 2.30 bits per heavy atom. The number of aryl methyl sites for hydroxylation is 1. The fraction of sp³-hybridized carbons (Fsp3) is 0.160. The minimum atomic E-state index is -0.328. The number of amides is 1. The van der Waals surface area contributed by atoms with Crippen LogP contribution in [0.5, 0.6) is 17.2 Å². The number of hydrogen-bond donors (Lipinski definition) is 2. The number of methoxy groups -OCH3 is 3. The highest BCUT2D eigenvalue weighted by Crippen LogP contribution is 2.37. The van der Waals surface area contributed by atoms with Crippen LogP contribution in [0.4, 0.5) is 0 Å². The molecule has 4 rings (SSSR count). The molecule has 8 nitrogen and oxygen atoms in total. The summed E-state index contributed by atoms with van der Waals surface area (Å²) < 4.78 is 16.0. The average Bonchev–Trinajstić information content (AvgIpc) is 3.26. The lowest BCUT2D eigenvalue weighted by Crippen LogP contribution is -2.17. The minimum absolute atomic E-state index is 0.328. The number of nitrogens with one attached hydrogen (secondary N) is 2. The number of imidazole rings is 1. The molecule has 0 bridgehead atoms. The molecule has 4 aromatic rings. The van der Waals surface area contributed by atoms with Crippen LogP contribution < -0.4 is 19.6 Å². The van der Waals surface area contributed by atoms with E-state index in [9.17, 15) is 4.79 Å². The van der Waals surface area contributed by atoms with E-state index in [0.29, 0.717) is 28.4 Å². The van der Waals surface area contributed by atoms with Crippen LogP contribution in [-0.4, -0.2) is 43.4 Å². The van der Waals surface area contributed by atoms with Gasteiger partial charge in [-0.2, -0.15) is 5.10 Å². The molecule has 0 fully saturated rings. The van der Waals surface area contributed by atoms with Crippen molar-refractivity contribution in [1.29, 1.82) is 0 Å². The lowest BCUT2D eigenvalue weighted by Gasteiger charge is -2.12. The van der Waals surface area contributed by atoms with E-state index >= 15 is 0 Å². The molecule has 0 atom stereocenters. The quantitative estimate of drug-likeness (QED) is 0.327. The first kappa shape index (κ1) is 21.9. The Morgan fingerprint density at radius 2 is 1.67 bits per heavy atom. The molecule has 0 radical (unpaired) electrons. The molecule has 1 aromatic heterocycles. The van der Waals surface area contributed by atoms with E-state index in [1.165, 1.54) is 27.5 Å². The maximum absolute atomic E-state index is 12.5. The van der Waals surface area contributed by atoms with Gasteiger partial charge in [0.2, 0.25) is 5.75 Å². The van der Waals surface area contributed by atoms with Gasteiger partial charge in [-0.05, 0) is 48.9 Å². The molecular weight excluding hydrogens is 420 g/mol. The summed E-state index contributed by atoms with van der Waals surface area (Å²) in [6.07, 6.45) is 1.51. The third kappa shape index (κ3) is 4.64. The number of carbonyl (C=O) groups is 1. The summed E-state index contributed by atoms with van der Waals surface area (Å²) in [5.74, 6) is 1.91. The molecule has 0 aliphatic rings. The van der Waals surface area contributed by atoms with Crippen LogP contribution in [0, 0.1) is 6.92 Å². The van der Waals surface area contributed by atoms with Crippen LogP contribution in [0.25, 0.3) is 22.4 Å². The van der Waals surface area contributed by atoms with Crippen LogP contribution in [0.2, 0.25) is 0 Å².